The Hall–Kier alpha value is -1.55. The number of cyclic esters (lactones) is 1. The summed E-state index contributed by atoms with van der Waals surface area (Å²) in [5, 5.41) is 0. The highest BCUT2D eigenvalue weighted by molar-refractivity contribution is 5.70. The molecule has 4 heteroatoms. The summed E-state index contributed by atoms with van der Waals surface area (Å²) in [5.41, 5.74) is 1.45. The molecule has 2 fully saturated rings. The molecule has 2 bridgehead atoms. The quantitative estimate of drug-likeness (QED) is 0.615. The van der Waals surface area contributed by atoms with Gasteiger partial charge < -0.3 is 14.2 Å². The van der Waals surface area contributed by atoms with E-state index in [1.807, 2.05) is 6.07 Å². The van der Waals surface area contributed by atoms with Crippen LogP contribution in [0.3, 0.4) is 0 Å². The van der Waals surface area contributed by atoms with Crippen molar-refractivity contribution in [3.63, 3.8) is 0 Å². The van der Waals surface area contributed by atoms with Gasteiger partial charge in [0, 0.05) is 5.56 Å². The van der Waals surface area contributed by atoms with E-state index in [9.17, 15) is 4.79 Å². The normalized spacial score (nSPS) is 29.3. The first kappa shape index (κ1) is 17.8. The maximum Gasteiger partial charge on any atom is 0.308 e. The van der Waals surface area contributed by atoms with Crippen LogP contribution in [0.25, 0.3) is 0 Å². The number of ether oxygens (including phenoxy) is 3. The summed E-state index contributed by atoms with van der Waals surface area (Å²) in [7, 11) is 0. The SMILES string of the molecule is O=C1C[C@@H]2CC3(CCCCC3)C[C@@H](O2)c2ccccc2OCCCCO1. The number of benzene rings is 1. The first-order valence-corrected chi connectivity index (χ1v) is 10.3. The molecule has 1 saturated carbocycles. The van der Waals surface area contributed by atoms with Gasteiger partial charge in [-0.2, -0.15) is 0 Å². The largest absolute Gasteiger partial charge is 0.493 e. The second-order valence-corrected chi connectivity index (χ2v) is 8.23. The molecule has 0 N–H and O–H groups in total. The summed E-state index contributed by atoms with van der Waals surface area (Å²) in [6, 6.07) is 8.28. The molecule has 1 saturated heterocycles. The van der Waals surface area contributed by atoms with Gasteiger partial charge in [-0.05, 0) is 50.0 Å². The van der Waals surface area contributed by atoms with Crippen molar-refractivity contribution in [3.8, 4) is 5.75 Å². The van der Waals surface area contributed by atoms with Crippen molar-refractivity contribution in [2.45, 2.75) is 76.4 Å². The van der Waals surface area contributed by atoms with E-state index in [-0.39, 0.29) is 18.2 Å². The molecule has 4 rings (SSSR count). The molecule has 142 valence electrons. The van der Waals surface area contributed by atoms with E-state index in [0.717, 1.165) is 37.0 Å². The van der Waals surface area contributed by atoms with Gasteiger partial charge in [-0.3, -0.25) is 4.79 Å². The van der Waals surface area contributed by atoms with E-state index in [0.29, 0.717) is 25.0 Å². The highest BCUT2D eigenvalue weighted by atomic mass is 16.5. The third-order valence-corrected chi connectivity index (χ3v) is 6.27. The summed E-state index contributed by atoms with van der Waals surface area (Å²) < 4.78 is 17.9. The number of esters is 1. The van der Waals surface area contributed by atoms with Crippen molar-refractivity contribution in [2.75, 3.05) is 13.2 Å². The van der Waals surface area contributed by atoms with E-state index in [4.69, 9.17) is 14.2 Å². The number of carbonyl (C=O) groups excluding carboxylic acids is 1. The zero-order chi connectivity index (χ0) is 17.8. The number of fused-ring (bicyclic) bond motifs is 4. The summed E-state index contributed by atoms with van der Waals surface area (Å²) in [6.07, 6.45) is 10.5. The van der Waals surface area contributed by atoms with Gasteiger partial charge in [-0.1, -0.05) is 37.5 Å². The predicted molar refractivity (Wildman–Crippen MR) is 99.1 cm³/mol. The van der Waals surface area contributed by atoms with Crippen LogP contribution in [0.4, 0.5) is 0 Å². The van der Waals surface area contributed by atoms with Crippen molar-refractivity contribution in [1.29, 1.82) is 0 Å². The Bertz CT molecular complexity index is 620. The Morgan fingerprint density at radius 1 is 0.885 bits per heavy atom. The van der Waals surface area contributed by atoms with Gasteiger partial charge in [0.15, 0.2) is 0 Å². The maximum absolute atomic E-state index is 12.3. The van der Waals surface area contributed by atoms with Crippen LogP contribution in [0.5, 0.6) is 5.75 Å². The topological polar surface area (TPSA) is 44.8 Å². The number of hydrogen-bond acceptors (Lipinski definition) is 4. The lowest BCUT2D eigenvalue weighted by molar-refractivity contribution is -0.157. The molecule has 1 aromatic carbocycles. The molecule has 0 aromatic heterocycles. The van der Waals surface area contributed by atoms with Gasteiger partial charge in [-0.15, -0.1) is 0 Å². The van der Waals surface area contributed by atoms with Gasteiger partial charge >= 0.3 is 5.97 Å². The number of carbonyl (C=O) groups is 1. The van der Waals surface area contributed by atoms with E-state index < -0.39 is 0 Å². The van der Waals surface area contributed by atoms with Crippen LogP contribution in [0.2, 0.25) is 0 Å². The maximum atomic E-state index is 12.3. The van der Waals surface area contributed by atoms with Crippen LogP contribution in [0, 0.1) is 5.41 Å². The van der Waals surface area contributed by atoms with Gasteiger partial charge in [-0.25, -0.2) is 0 Å². The molecule has 1 aromatic rings. The van der Waals surface area contributed by atoms with Crippen molar-refractivity contribution in [1.82, 2.24) is 0 Å². The fourth-order valence-corrected chi connectivity index (χ4v) is 5.00. The van der Waals surface area contributed by atoms with Crippen molar-refractivity contribution < 1.29 is 19.0 Å². The Kier molecular flexibility index (Phi) is 5.49. The van der Waals surface area contributed by atoms with Gasteiger partial charge in [0.05, 0.1) is 31.8 Å². The second-order valence-electron chi connectivity index (χ2n) is 8.23. The summed E-state index contributed by atoms with van der Waals surface area (Å²) >= 11 is 0. The third-order valence-electron chi connectivity index (χ3n) is 6.27. The molecular formula is C22H30O4. The Labute approximate surface area is 156 Å². The van der Waals surface area contributed by atoms with Crippen molar-refractivity contribution in [3.05, 3.63) is 29.8 Å². The Morgan fingerprint density at radius 3 is 2.50 bits per heavy atom. The van der Waals surface area contributed by atoms with E-state index >= 15 is 0 Å². The number of rotatable bonds is 0. The van der Waals surface area contributed by atoms with Crippen LogP contribution in [0.15, 0.2) is 24.3 Å². The zero-order valence-electron chi connectivity index (χ0n) is 15.6. The van der Waals surface area contributed by atoms with Gasteiger partial charge in [0.2, 0.25) is 0 Å². The minimum atomic E-state index is -0.116. The fraction of sp³-hybridized carbons (Fsp3) is 0.682. The molecule has 1 aliphatic carbocycles. The highest BCUT2D eigenvalue weighted by Gasteiger charge is 2.43. The average Bonchev–Trinajstić information content (AvgIpc) is 2.65. The second kappa shape index (κ2) is 7.99. The van der Waals surface area contributed by atoms with E-state index in [1.54, 1.807) is 0 Å². The Balaban J connectivity index is 1.64. The van der Waals surface area contributed by atoms with Crippen molar-refractivity contribution in [2.24, 2.45) is 5.41 Å². The van der Waals surface area contributed by atoms with Gasteiger partial charge in [0.1, 0.15) is 5.75 Å². The predicted octanol–water partition coefficient (Wildman–Crippen LogP) is 4.96. The van der Waals surface area contributed by atoms with Crippen LogP contribution in [-0.2, 0) is 14.3 Å². The van der Waals surface area contributed by atoms with Crippen LogP contribution < -0.4 is 4.74 Å². The fourth-order valence-electron chi connectivity index (χ4n) is 5.00. The van der Waals surface area contributed by atoms with Crippen LogP contribution in [0.1, 0.15) is 75.9 Å². The van der Waals surface area contributed by atoms with E-state index in [2.05, 4.69) is 18.2 Å². The highest BCUT2D eigenvalue weighted by Crippen LogP contribution is 2.52. The molecular weight excluding hydrogens is 328 g/mol. The molecule has 0 unspecified atom stereocenters. The molecule has 26 heavy (non-hydrogen) atoms. The molecule has 2 aliphatic heterocycles. The Morgan fingerprint density at radius 2 is 1.65 bits per heavy atom. The standard InChI is InChI=1S/C22H30O4/c23-21-14-17-15-22(10-4-1-5-11-22)16-20(26-17)18-8-2-3-9-19(18)24-12-6-7-13-25-21/h2-3,8-9,17,20H,1,4-7,10-16H2/t17-,20-/m1/s1. The molecule has 0 radical (unpaired) electrons. The molecule has 4 nitrogen and oxygen atoms in total. The molecule has 2 atom stereocenters. The molecule has 1 spiro atoms. The van der Waals surface area contributed by atoms with Crippen molar-refractivity contribution >= 4 is 5.97 Å². The van der Waals surface area contributed by atoms with Crippen LogP contribution >= 0.6 is 0 Å². The third kappa shape index (κ3) is 4.06. The van der Waals surface area contributed by atoms with Gasteiger partial charge in [0.25, 0.3) is 0 Å². The summed E-state index contributed by atoms with van der Waals surface area (Å²) in [6.45, 7) is 1.13. The summed E-state index contributed by atoms with van der Waals surface area (Å²) in [4.78, 5) is 12.3. The first-order chi connectivity index (χ1) is 12.7. The van der Waals surface area contributed by atoms with E-state index in [1.165, 1.54) is 32.1 Å². The lowest BCUT2D eigenvalue weighted by Gasteiger charge is -2.47. The zero-order valence-corrected chi connectivity index (χ0v) is 15.6. The monoisotopic (exact) mass is 358 g/mol. The number of para-hydroxylation sites is 1. The lowest BCUT2D eigenvalue weighted by Crippen LogP contribution is -2.39. The first-order valence-electron chi connectivity index (χ1n) is 10.3. The minimum Gasteiger partial charge on any atom is -0.493 e. The summed E-state index contributed by atoms with van der Waals surface area (Å²) in [5.74, 6) is 0.825. The molecule has 2 heterocycles. The lowest BCUT2D eigenvalue weighted by atomic mass is 9.65. The number of hydrogen-bond donors (Lipinski definition) is 0. The molecule has 3 aliphatic rings. The minimum absolute atomic E-state index is 0.0107. The smallest absolute Gasteiger partial charge is 0.308 e. The average molecular weight is 358 g/mol. The molecule has 0 amide bonds. The van der Waals surface area contributed by atoms with Crippen LogP contribution in [-0.4, -0.2) is 25.3 Å².